The maximum Gasteiger partial charge on any atom is 0.342 e. The highest BCUT2D eigenvalue weighted by Gasteiger charge is 2.27. The van der Waals surface area contributed by atoms with E-state index in [1.54, 1.807) is 19.1 Å². The van der Waals surface area contributed by atoms with Crippen LogP contribution in [0.15, 0.2) is 46.9 Å². The molecule has 2 heterocycles. The zero-order valence-corrected chi connectivity index (χ0v) is 16.8. The number of benzene rings is 2. The predicted molar refractivity (Wildman–Crippen MR) is 113 cm³/mol. The van der Waals surface area contributed by atoms with E-state index >= 15 is 0 Å². The van der Waals surface area contributed by atoms with Crippen LogP contribution in [0.2, 0.25) is 0 Å². The normalized spacial score (nSPS) is 15.3. The number of hydrogen-bond acceptors (Lipinski definition) is 5. The minimum atomic E-state index is -0.423. The summed E-state index contributed by atoms with van der Waals surface area (Å²) in [5.41, 5.74) is 2.54. The van der Waals surface area contributed by atoms with Crippen LogP contribution in [0.1, 0.15) is 48.5 Å². The van der Waals surface area contributed by atoms with Gasteiger partial charge in [0.05, 0.1) is 6.61 Å². The van der Waals surface area contributed by atoms with Gasteiger partial charge in [-0.1, -0.05) is 43.2 Å². The highest BCUT2D eigenvalue weighted by molar-refractivity contribution is 6.10. The number of rotatable bonds is 5. The Morgan fingerprint density at radius 3 is 2.48 bits per heavy atom. The van der Waals surface area contributed by atoms with Gasteiger partial charge in [-0.2, -0.15) is 0 Å². The van der Waals surface area contributed by atoms with Crippen LogP contribution in [-0.4, -0.2) is 35.7 Å². The Labute approximate surface area is 170 Å². The van der Waals surface area contributed by atoms with Gasteiger partial charge in [-0.3, -0.25) is 4.90 Å². The van der Waals surface area contributed by atoms with Crippen LogP contribution in [0.4, 0.5) is 0 Å². The van der Waals surface area contributed by atoms with Crippen LogP contribution in [0.3, 0.4) is 0 Å². The first kappa shape index (κ1) is 19.5. The van der Waals surface area contributed by atoms with Crippen molar-refractivity contribution in [3.8, 4) is 17.1 Å². The minimum absolute atomic E-state index is 0.188. The van der Waals surface area contributed by atoms with E-state index in [4.69, 9.17) is 9.15 Å². The van der Waals surface area contributed by atoms with Gasteiger partial charge in [-0.15, -0.1) is 0 Å². The first-order chi connectivity index (χ1) is 14.2. The number of ether oxygens (including phenoxy) is 1. The Hall–Kier alpha value is -2.79. The largest absolute Gasteiger partial charge is 0.508 e. The number of likely N-dealkylation sites (tertiary alicyclic amines) is 1. The van der Waals surface area contributed by atoms with Crippen molar-refractivity contribution < 1.29 is 19.1 Å². The minimum Gasteiger partial charge on any atom is -0.508 e. The van der Waals surface area contributed by atoms with E-state index in [0.717, 1.165) is 37.1 Å². The van der Waals surface area contributed by atoms with Crippen molar-refractivity contribution in [3.05, 3.63) is 53.6 Å². The molecule has 1 N–H and O–H groups in total. The monoisotopic (exact) mass is 393 g/mol. The Bertz CT molecular complexity index is 985. The summed E-state index contributed by atoms with van der Waals surface area (Å²) in [5, 5.41) is 11.4. The number of phenols is 1. The van der Waals surface area contributed by atoms with Crippen LogP contribution >= 0.6 is 0 Å². The second-order valence-electron chi connectivity index (χ2n) is 7.52. The maximum atomic E-state index is 12.9. The molecule has 1 aliphatic heterocycles. The first-order valence-electron chi connectivity index (χ1n) is 10.4. The van der Waals surface area contributed by atoms with E-state index < -0.39 is 5.97 Å². The molecule has 1 fully saturated rings. The standard InChI is InChI=1S/C24H27NO4/c1-2-28-24(27)22-21-18(16-25-14-8-3-4-9-15-25)19(26)12-13-20(21)29-23(22)17-10-6-5-7-11-17/h5-7,10-13,26H,2-4,8-9,14-16H2,1H3. The van der Waals surface area contributed by atoms with Crippen molar-refractivity contribution in [2.75, 3.05) is 19.7 Å². The van der Waals surface area contributed by atoms with Gasteiger partial charge in [0.15, 0.2) is 0 Å². The third-order valence-corrected chi connectivity index (χ3v) is 5.53. The molecular weight excluding hydrogens is 366 g/mol. The van der Waals surface area contributed by atoms with Crippen molar-refractivity contribution in [2.24, 2.45) is 0 Å². The number of carbonyl (C=O) groups excluding carboxylic acids is 1. The molecule has 4 rings (SSSR count). The van der Waals surface area contributed by atoms with Crippen LogP contribution in [-0.2, 0) is 11.3 Å². The molecule has 0 saturated carbocycles. The molecule has 0 unspecified atom stereocenters. The lowest BCUT2D eigenvalue weighted by atomic mass is 10.0. The van der Waals surface area contributed by atoms with E-state index in [0.29, 0.717) is 28.8 Å². The molecule has 5 heteroatoms. The first-order valence-corrected chi connectivity index (χ1v) is 10.4. The molecule has 0 amide bonds. The topological polar surface area (TPSA) is 62.9 Å². The smallest absolute Gasteiger partial charge is 0.342 e. The number of esters is 1. The quantitative estimate of drug-likeness (QED) is 0.592. The summed E-state index contributed by atoms with van der Waals surface area (Å²) in [5.74, 6) is 0.252. The number of carbonyl (C=O) groups is 1. The lowest BCUT2D eigenvalue weighted by Gasteiger charge is -2.21. The fourth-order valence-corrected chi connectivity index (χ4v) is 4.12. The lowest BCUT2D eigenvalue weighted by Crippen LogP contribution is -2.24. The number of hydrogen-bond donors (Lipinski definition) is 1. The third-order valence-electron chi connectivity index (χ3n) is 5.53. The average Bonchev–Trinajstić information content (AvgIpc) is 2.93. The van der Waals surface area contributed by atoms with Gasteiger partial charge in [0.1, 0.15) is 22.7 Å². The molecule has 0 radical (unpaired) electrons. The number of nitrogens with zero attached hydrogens (tertiary/aromatic N) is 1. The molecule has 5 nitrogen and oxygen atoms in total. The van der Waals surface area contributed by atoms with Crippen molar-refractivity contribution in [3.63, 3.8) is 0 Å². The van der Waals surface area contributed by atoms with Gasteiger partial charge in [-0.25, -0.2) is 4.79 Å². The summed E-state index contributed by atoms with van der Waals surface area (Å²) in [4.78, 5) is 15.3. The highest BCUT2D eigenvalue weighted by atomic mass is 16.5. The third kappa shape index (κ3) is 4.01. The molecule has 2 aromatic carbocycles. The fraction of sp³-hybridized carbons (Fsp3) is 0.375. The number of furan rings is 1. The number of phenolic OH excluding ortho intramolecular Hbond substituents is 1. The summed E-state index contributed by atoms with van der Waals surface area (Å²) in [7, 11) is 0. The summed E-state index contributed by atoms with van der Waals surface area (Å²) in [6.45, 7) is 4.64. The zero-order chi connectivity index (χ0) is 20.2. The Balaban J connectivity index is 1.88. The van der Waals surface area contributed by atoms with Crippen LogP contribution in [0, 0.1) is 0 Å². The van der Waals surface area contributed by atoms with Gasteiger partial charge < -0.3 is 14.3 Å². The predicted octanol–water partition coefficient (Wildman–Crippen LogP) is 5.36. The Kier molecular flexibility index (Phi) is 5.86. The molecule has 0 atom stereocenters. The lowest BCUT2D eigenvalue weighted by molar-refractivity contribution is 0.0528. The van der Waals surface area contributed by atoms with E-state index in [2.05, 4.69) is 4.90 Å². The van der Waals surface area contributed by atoms with Crippen molar-refractivity contribution in [1.82, 2.24) is 4.90 Å². The van der Waals surface area contributed by atoms with Gasteiger partial charge in [-0.05, 0) is 45.0 Å². The van der Waals surface area contributed by atoms with E-state index in [1.807, 2.05) is 30.3 Å². The molecule has 1 aliphatic rings. The summed E-state index contributed by atoms with van der Waals surface area (Å²) in [6.07, 6.45) is 4.79. The molecule has 29 heavy (non-hydrogen) atoms. The van der Waals surface area contributed by atoms with Crippen molar-refractivity contribution in [2.45, 2.75) is 39.2 Å². The molecule has 0 aliphatic carbocycles. The van der Waals surface area contributed by atoms with Gasteiger partial charge in [0.25, 0.3) is 0 Å². The Morgan fingerprint density at radius 2 is 1.79 bits per heavy atom. The fourth-order valence-electron chi connectivity index (χ4n) is 4.12. The number of aromatic hydroxyl groups is 1. The molecule has 0 bridgehead atoms. The average molecular weight is 393 g/mol. The van der Waals surface area contributed by atoms with E-state index in [9.17, 15) is 9.90 Å². The summed E-state index contributed by atoms with van der Waals surface area (Å²) < 4.78 is 11.5. The molecule has 3 aromatic rings. The van der Waals surface area contributed by atoms with E-state index in [-0.39, 0.29) is 12.4 Å². The van der Waals surface area contributed by atoms with Gasteiger partial charge >= 0.3 is 5.97 Å². The zero-order valence-electron chi connectivity index (χ0n) is 16.8. The summed E-state index contributed by atoms with van der Waals surface area (Å²) in [6, 6.07) is 12.9. The molecule has 1 aromatic heterocycles. The second kappa shape index (κ2) is 8.70. The SMILES string of the molecule is CCOC(=O)c1c(-c2ccccc2)oc2ccc(O)c(CN3CCCCCC3)c12. The van der Waals surface area contributed by atoms with Crippen LogP contribution < -0.4 is 0 Å². The van der Waals surface area contributed by atoms with Crippen LogP contribution in [0.5, 0.6) is 5.75 Å². The second-order valence-corrected chi connectivity index (χ2v) is 7.52. The molecular formula is C24H27NO4. The van der Waals surface area contributed by atoms with Gasteiger partial charge in [0, 0.05) is 23.1 Å². The molecule has 152 valence electrons. The van der Waals surface area contributed by atoms with Crippen LogP contribution in [0.25, 0.3) is 22.3 Å². The van der Waals surface area contributed by atoms with Crippen molar-refractivity contribution >= 4 is 16.9 Å². The maximum absolute atomic E-state index is 12.9. The van der Waals surface area contributed by atoms with Crippen molar-refractivity contribution in [1.29, 1.82) is 0 Å². The molecule has 0 spiro atoms. The summed E-state index contributed by atoms with van der Waals surface area (Å²) >= 11 is 0. The van der Waals surface area contributed by atoms with Gasteiger partial charge in [0.2, 0.25) is 0 Å². The molecule has 1 saturated heterocycles. The number of fused-ring (bicyclic) bond motifs is 1. The highest BCUT2D eigenvalue weighted by Crippen LogP contribution is 2.39. The Morgan fingerprint density at radius 1 is 1.07 bits per heavy atom. The van der Waals surface area contributed by atoms with E-state index in [1.165, 1.54) is 12.8 Å².